The molecule has 18 heavy (non-hydrogen) atoms. The smallest absolute Gasteiger partial charge is 0.0835 e. The van der Waals surface area contributed by atoms with E-state index in [1.807, 2.05) is 0 Å². The highest BCUT2D eigenvalue weighted by molar-refractivity contribution is 14.1. The molecule has 0 bridgehead atoms. The molecule has 0 aromatic heterocycles. The molecule has 0 spiro atoms. The third-order valence-electron chi connectivity index (χ3n) is 3.56. The monoisotopic (exact) mass is 368 g/mol. The fourth-order valence-corrected chi connectivity index (χ4v) is 3.44. The number of fused-ring (bicyclic) bond motifs is 1. The van der Waals surface area contributed by atoms with Crippen LogP contribution in [0.1, 0.15) is 34.1 Å². The van der Waals surface area contributed by atoms with Crippen molar-refractivity contribution < 1.29 is 0 Å². The van der Waals surface area contributed by atoms with Crippen molar-refractivity contribution in [2.45, 2.75) is 24.6 Å². The van der Waals surface area contributed by atoms with Crippen molar-refractivity contribution in [3.63, 3.8) is 0 Å². The van der Waals surface area contributed by atoms with Gasteiger partial charge < -0.3 is 0 Å². The van der Waals surface area contributed by atoms with Gasteiger partial charge in [-0.05, 0) is 76.2 Å². The summed E-state index contributed by atoms with van der Waals surface area (Å²) >= 11 is 8.93. The summed E-state index contributed by atoms with van der Waals surface area (Å²) in [5.41, 5.74) is 5.40. The molecule has 2 heteroatoms. The van der Waals surface area contributed by atoms with Crippen LogP contribution >= 0.6 is 34.2 Å². The van der Waals surface area contributed by atoms with E-state index in [1.165, 1.54) is 45.1 Å². The quantitative estimate of drug-likeness (QED) is 0.510. The minimum absolute atomic E-state index is 0.0365. The van der Waals surface area contributed by atoms with E-state index in [2.05, 4.69) is 65.1 Å². The number of rotatable bonds is 2. The molecule has 2 aromatic rings. The third kappa shape index (κ3) is 2.43. The van der Waals surface area contributed by atoms with Gasteiger partial charge in [-0.1, -0.05) is 30.3 Å². The van der Waals surface area contributed by atoms with Crippen molar-refractivity contribution in [2.24, 2.45) is 0 Å². The zero-order valence-electron chi connectivity index (χ0n) is 10.00. The summed E-state index contributed by atoms with van der Waals surface area (Å²) in [6.07, 6.45) is 3.72. The first-order valence-electron chi connectivity index (χ1n) is 6.25. The predicted octanol–water partition coefficient (Wildman–Crippen LogP) is 5.11. The summed E-state index contributed by atoms with van der Waals surface area (Å²) in [5.74, 6) is 0. The lowest BCUT2D eigenvalue weighted by molar-refractivity contribution is 0.911. The van der Waals surface area contributed by atoms with Crippen LogP contribution in [-0.2, 0) is 12.8 Å². The van der Waals surface area contributed by atoms with Crippen molar-refractivity contribution in [3.05, 3.63) is 68.3 Å². The van der Waals surface area contributed by atoms with Crippen molar-refractivity contribution in [1.82, 2.24) is 0 Å². The molecule has 0 saturated heterocycles. The Balaban J connectivity index is 1.95. The SMILES string of the molecule is ClC(c1cccc(I)c1)c1ccc2c(c1)CCC2. The van der Waals surface area contributed by atoms with Gasteiger partial charge in [-0.25, -0.2) is 0 Å². The summed E-state index contributed by atoms with van der Waals surface area (Å²) in [4.78, 5) is 0. The lowest BCUT2D eigenvalue weighted by Crippen LogP contribution is -1.95. The largest absolute Gasteiger partial charge is 0.113 e. The standard InChI is InChI=1S/C16H14ClI/c17-16(13-5-2-6-15(18)10-13)14-8-7-11-3-1-4-12(11)9-14/h2,5-10,16H,1,3-4H2. The number of alkyl halides is 1. The van der Waals surface area contributed by atoms with Gasteiger partial charge >= 0.3 is 0 Å². The van der Waals surface area contributed by atoms with E-state index in [4.69, 9.17) is 11.6 Å². The van der Waals surface area contributed by atoms with Crippen molar-refractivity contribution in [1.29, 1.82) is 0 Å². The highest BCUT2D eigenvalue weighted by Gasteiger charge is 2.15. The molecule has 0 heterocycles. The molecule has 0 N–H and O–H groups in total. The summed E-state index contributed by atoms with van der Waals surface area (Å²) in [6, 6.07) is 15.2. The Hall–Kier alpha value is -0.540. The van der Waals surface area contributed by atoms with Gasteiger partial charge in [0.25, 0.3) is 0 Å². The molecule has 3 rings (SSSR count). The van der Waals surface area contributed by atoms with E-state index in [9.17, 15) is 0 Å². The second-order valence-corrected chi connectivity index (χ2v) is 6.48. The number of halogens is 2. The van der Waals surface area contributed by atoms with Crippen LogP contribution < -0.4 is 0 Å². The zero-order chi connectivity index (χ0) is 12.5. The maximum atomic E-state index is 6.60. The number of hydrogen-bond acceptors (Lipinski definition) is 0. The molecule has 0 nitrogen and oxygen atoms in total. The zero-order valence-corrected chi connectivity index (χ0v) is 12.9. The van der Waals surface area contributed by atoms with E-state index in [-0.39, 0.29) is 5.38 Å². The molecule has 1 unspecified atom stereocenters. The van der Waals surface area contributed by atoms with E-state index in [0.717, 1.165) is 0 Å². The Morgan fingerprint density at radius 2 is 1.72 bits per heavy atom. The van der Waals surface area contributed by atoms with Crippen LogP contribution in [0, 0.1) is 3.57 Å². The molecule has 0 aliphatic heterocycles. The van der Waals surface area contributed by atoms with E-state index < -0.39 is 0 Å². The van der Waals surface area contributed by atoms with Gasteiger partial charge in [0.05, 0.1) is 5.38 Å². The van der Waals surface area contributed by atoms with Crippen LogP contribution in [0.25, 0.3) is 0 Å². The van der Waals surface area contributed by atoms with Crippen LogP contribution in [0.4, 0.5) is 0 Å². The lowest BCUT2D eigenvalue weighted by Gasteiger charge is -2.12. The van der Waals surface area contributed by atoms with Gasteiger partial charge in [0, 0.05) is 3.57 Å². The van der Waals surface area contributed by atoms with Gasteiger partial charge in [0.2, 0.25) is 0 Å². The second kappa shape index (κ2) is 5.22. The Kier molecular flexibility index (Phi) is 3.62. The van der Waals surface area contributed by atoms with Crippen LogP contribution in [0.3, 0.4) is 0 Å². The maximum absolute atomic E-state index is 6.60. The van der Waals surface area contributed by atoms with Crippen LogP contribution in [0.2, 0.25) is 0 Å². The molecular formula is C16H14ClI. The molecule has 2 aromatic carbocycles. The minimum atomic E-state index is -0.0365. The number of aryl methyl sites for hydroxylation is 2. The first kappa shape index (κ1) is 12.5. The summed E-state index contributed by atoms with van der Waals surface area (Å²) in [7, 11) is 0. The van der Waals surface area contributed by atoms with Gasteiger partial charge in [-0.2, -0.15) is 0 Å². The molecule has 92 valence electrons. The first-order chi connectivity index (χ1) is 8.74. The molecule has 1 aliphatic rings. The fourth-order valence-electron chi connectivity index (χ4n) is 2.61. The molecule has 0 amide bonds. The molecule has 0 saturated carbocycles. The van der Waals surface area contributed by atoms with Gasteiger partial charge in [-0.15, -0.1) is 11.6 Å². The molecule has 1 aliphatic carbocycles. The average molecular weight is 369 g/mol. The minimum Gasteiger partial charge on any atom is -0.113 e. The normalized spacial score (nSPS) is 15.4. The molecule has 0 fully saturated rings. The van der Waals surface area contributed by atoms with Crippen molar-refractivity contribution in [2.75, 3.05) is 0 Å². The second-order valence-electron chi connectivity index (χ2n) is 4.80. The topological polar surface area (TPSA) is 0 Å². The molecular weight excluding hydrogens is 355 g/mol. The van der Waals surface area contributed by atoms with Gasteiger partial charge in [0.1, 0.15) is 0 Å². The highest BCUT2D eigenvalue weighted by Crippen LogP contribution is 2.32. The van der Waals surface area contributed by atoms with E-state index in [1.54, 1.807) is 0 Å². The lowest BCUT2D eigenvalue weighted by atomic mass is 10.0. The van der Waals surface area contributed by atoms with Crippen LogP contribution in [0.5, 0.6) is 0 Å². The maximum Gasteiger partial charge on any atom is 0.0835 e. The van der Waals surface area contributed by atoms with Crippen LogP contribution in [0.15, 0.2) is 42.5 Å². The molecule has 0 radical (unpaired) electrons. The number of hydrogen-bond donors (Lipinski definition) is 0. The number of benzene rings is 2. The van der Waals surface area contributed by atoms with E-state index >= 15 is 0 Å². The summed E-state index contributed by atoms with van der Waals surface area (Å²) < 4.78 is 1.23. The van der Waals surface area contributed by atoms with Crippen molar-refractivity contribution in [3.8, 4) is 0 Å². The van der Waals surface area contributed by atoms with E-state index in [0.29, 0.717) is 0 Å². The summed E-state index contributed by atoms with van der Waals surface area (Å²) in [5, 5.41) is -0.0365. The third-order valence-corrected chi connectivity index (χ3v) is 4.73. The summed E-state index contributed by atoms with van der Waals surface area (Å²) in [6.45, 7) is 0. The highest BCUT2D eigenvalue weighted by atomic mass is 127. The first-order valence-corrected chi connectivity index (χ1v) is 7.77. The Morgan fingerprint density at radius 1 is 0.944 bits per heavy atom. The van der Waals surface area contributed by atoms with Crippen LogP contribution in [-0.4, -0.2) is 0 Å². The Labute approximate surface area is 127 Å². The molecule has 1 atom stereocenters. The van der Waals surface area contributed by atoms with Gasteiger partial charge in [-0.3, -0.25) is 0 Å². The predicted molar refractivity (Wildman–Crippen MR) is 85.3 cm³/mol. The Morgan fingerprint density at radius 3 is 2.56 bits per heavy atom. The average Bonchev–Trinajstić information content (AvgIpc) is 2.85. The van der Waals surface area contributed by atoms with Gasteiger partial charge in [0.15, 0.2) is 0 Å². The van der Waals surface area contributed by atoms with Crippen molar-refractivity contribution >= 4 is 34.2 Å². The fraction of sp³-hybridized carbons (Fsp3) is 0.250. The Bertz CT molecular complexity index is 577.